The quantitative estimate of drug-likeness (QED) is 0.840. The first-order valence-corrected chi connectivity index (χ1v) is 6.13. The zero-order valence-corrected chi connectivity index (χ0v) is 10.4. The van der Waals surface area contributed by atoms with Crippen LogP contribution in [0.15, 0.2) is 30.3 Å². The Balaban J connectivity index is 2.07. The Morgan fingerprint density at radius 3 is 2.53 bits per heavy atom. The Labute approximate surface area is 103 Å². The molecule has 0 aliphatic carbocycles. The number of hydrazine groups is 1. The van der Waals surface area contributed by atoms with Gasteiger partial charge in [0.1, 0.15) is 0 Å². The third-order valence-electron chi connectivity index (χ3n) is 3.29. The molecule has 1 fully saturated rings. The molecule has 4 heteroatoms. The lowest BCUT2D eigenvalue weighted by atomic mass is 10.1. The second-order valence-corrected chi connectivity index (χ2v) is 4.30. The monoisotopic (exact) mass is 235 g/mol. The van der Waals surface area contributed by atoms with Crippen LogP contribution in [0.3, 0.4) is 0 Å². The molecule has 1 atom stereocenters. The van der Waals surface area contributed by atoms with Crippen LogP contribution >= 0.6 is 0 Å². The van der Waals surface area contributed by atoms with E-state index in [1.165, 1.54) is 5.56 Å². The van der Waals surface area contributed by atoms with E-state index in [1.54, 1.807) is 0 Å². The number of ether oxygens (including phenoxy) is 1. The number of benzene rings is 1. The summed E-state index contributed by atoms with van der Waals surface area (Å²) in [5.74, 6) is 0. The van der Waals surface area contributed by atoms with Gasteiger partial charge in [-0.25, -0.2) is 10.0 Å². The Bertz CT molecular complexity index is 325. The van der Waals surface area contributed by atoms with E-state index < -0.39 is 0 Å². The predicted octanol–water partition coefficient (Wildman–Crippen LogP) is 0.865. The van der Waals surface area contributed by atoms with Gasteiger partial charge in [0, 0.05) is 26.7 Å². The lowest BCUT2D eigenvalue weighted by Gasteiger charge is -2.39. The van der Waals surface area contributed by atoms with Gasteiger partial charge in [0.15, 0.2) is 0 Å². The van der Waals surface area contributed by atoms with Crippen LogP contribution in [0, 0.1) is 0 Å². The summed E-state index contributed by atoms with van der Waals surface area (Å²) in [5.41, 5.74) is 7.18. The molecule has 0 aromatic heterocycles. The topological polar surface area (TPSA) is 41.7 Å². The summed E-state index contributed by atoms with van der Waals surface area (Å²) in [6, 6.07) is 10.7. The van der Waals surface area contributed by atoms with E-state index in [9.17, 15) is 0 Å². The van der Waals surface area contributed by atoms with E-state index in [-0.39, 0.29) is 6.04 Å². The third kappa shape index (κ3) is 3.04. The van der Waals surface area contributed by atoms with Crippen LogP contribution in [0.25, 0.3) is 0 Å². The first-order chi connectivity index (χ1) is 8.33. The summed E-state index contributed by atoms with van der Waals surface area (Å²) < 4.78 is 5.37. The highest BCUT2D eigenvalue weighted by molar-refractivity contribution is 5.19. The molecule has 1 aromatic rings. The van der Waals surface area contributed by atoms with Crippen molar-refractivity contribution in [2.24, 2.45) is 5.73 Å². The Hall–Kier alpha value is -0.940. The van der Waals surface area contributed by atoms with Gasteiger partial charge < -0.3 is 10.5 Å². The van der Waals surface area contributed by atoms with Crippen molar-refractivity contribution in [1.29, 1.82) is 0 Å². The van der Waals surface area contributed by atoms with E-state index in [4.69, 9.17) is 10.5 Å². The van der Waals surface area contributed by atoms with Crippen molar-refractivity contribution in [3.05, 3.63) is 35.9 Å². The molecule has 1 aromatic carbocycles. The predicted molar refractivity (Wildman–Crippen MR) is 68.4 cm³/mol. The highest BCUT2D eigenvalue weighted by atomic mass is 16.5. The molecule has 0 saturated carbocycles. The van der Waals surface area contributed by atoms with Crippen LogP contribution in [-0.2, 0) is 4.74 Å². The molecule has 0 spiro atoms. The minimum absolute atomic E-state index is 0.245. The van der Waals surface area contributed by atoms with E-state index in [1.807, 2.05) is 6.07 Å². The summed E-state index contributed by atoms with van der Waals surface area (Å²) in [6.07, 6.45) is 0. The van der Waals surface area contributed by atoms with Crippen LogP contribution in [-0.4, -0.2) is 49.9 Å². The van der Waals surface area contributed by atoms with Crippen molar-refractivity contribution >= 4 is 0 Å². The first-order valence-electron chi connectivity index (χ1n) is 6.13. The molecule has 0 amide bonds. The summed E-state index contributed by atoms with van der Waals surface area (Å²) in [6.45, 7) is 4.12. The van der Waals surface area contributed by atoms with Crippen LogP contribution < -0.4 is 5.73 Å². The van der Waals surface area contributed by atoms with Gasteiger partial charge in [0.2, 0.25) is 0 Å². The van der Waals surface area contributed by atoms with Gasteiger partial charge in [-0.3, -0.25) is 0 Å². The Kier molecular flexibility index (Phi) is 4.50. The SMILES string of the molecule is CN(C(CN)c1ccccc1)N1CCOCC1. The van der Waals surface area contributed by atoms with E-state index in [0.29, 0.717) is 6.54 Å². The van der Waals surface area contributed by atoms with Crippen molar-refractivity contribution in [2.75, 3.05) is 39.9 Å². The molecule has 2 rings (SSSR count). The van der Waals surface area contributed by atoms with Crippen molar-refractivity contribution in [3.8, 4) is 0 Å². The summed E-state index contributed by atoms with van der Waals surface area (Å²) >= 11 is 0. The summed E-state index contributed by atoms with van der Waals surface area (Å²) in [5, 5.41) is 4.56. The Morgan fingerprint density at radius 1 is 1.29 bits per heavy atom. The van der Waals surface area contributed by atoms with Crippen molar-refractivity contribution in [3.63, 3.8) is 0 Å². The second-order valence-electron chi connectivity index (χ2n) is 4.30. The maximum absolute atomic E-state index is 5.91. The normalized spacial score (nSPS) is 19.5. The van der Waals surface area contributed by atoms with Crippen molar-refractivity contribution in [1.82, 2.24) is 10.0 Å². The molecule has 1 saturated heterocycles. The molecular weight excluding hydrogens is 214 g/mol. The van der Waals surface area contributed by atoms with Crippen LogP contribution in [0.1, 0.15) is 11.6 Å². The van der Waals surface area contributed by atoms with Gasteiger partial charge in [-0.2, -0.15) is 0 Å². The summed E-state index contributed by atoms with van der Waals surface area (Å²) in [7, 11) is 2.11. The molecule has 4 nitrogen and oxygen atoms in total. The van der Waals surface area contributed by atoms with E-state index in [0.717, 1.165) is 26.3 Å². The lowest BCUT2D eigenvalue weighted by Crippen LogP contribution is -2.49. The van der Waals surface area contributed by atoms with Crippen LogP contribution in [0.2, 0.25) is 0 Å². The van der Waals surface area contributed by atoms with Gasteiger partial charge in [-0.05, 0) is 5.56 Å². The number of nitrogens with two attached hydrogens (primary N) is 1. The van der Waals surface area contributed by atoms with Gasteiger partial charge >= 0.3 is 0 Å². The number of hydrogen-bond donors (Lipinski definition) is 1. The van der Waals surface area contributed by atoms with Gasteiger partial charge in [0.05, 0.1) is 19.3 Å². The molecule has 1 aliphatic heterocycles. The average Bonchev–Trinajstić information content (AvgIpc) is 2.42. The third-order valence-corrected chi connectivity index (χ3v) is 3.29. The maximum Gasteiger partial charge on any atom is 0.0614 e. The molecule has 1 heterocycles. The van der Waals surface area contributed by atoms with Crippen LogP contribution in [0.5, 0.6) is 0 Å². The fourth-order valence-corrected chi connectivity index (χ4v) is 2.25. The minimum atomic E-state index is 0.245. The fourth-order valence-electron chi connectivity index (χ4n) is 2.25. The number of morpholine rings is 1. The molecule has 0 bridgehead atoms. The van der Waals surface area contributed by atoms with Gasteiger partial charge in [-0.1, -0.05) is 30.3 Å². The largest absolute Gasteiger partial charge is 0.379 e. The summed E-state index contributed by atoms with van der Waals surface area (Å²) in [4.78, 5) is 0. The Morgan fingerprint density at radius 2 is 1.94 bits per heavy atom. The lowest BCUT2D eigenvalue weighted by molar-refractivity contribution is -0.0965. The molecule has 0 radical (unpaired) electrons. The van der Waals surface area contributed by atoms with Crippen LogP contribution in [0.4, 0.5) is 0 Å². The maximum atomic E-state index is 5.91. The number of hydrogen-bond acceptors (Lipinski definition) is 4. The smallest absolute Gasteiger partial charge is 0.0614 e. The molecule has 2 N–H and O–H groups in total. The molecule has 1 aliphatic rings. The van der Waals surface area contributed by atoms with Crippen molar-refractivity contribution < 1.29 is 4.74 Å². The van der Waals surface area contributed by atoms with Crippen molar-refractivity contribution in [2.45, 2.75) is 6.04 Å². The van der Waals surface area contributed by atoms with Gasteiger partial charge in [-0.15, -0.1) is 0 Å². The first kappa shape index (κ1) is 12.5. The minimum Gasteiger partial charge on any atom is -0.379 e. The second kappa shape index (κ2) is 6.12. The number of likely N-dealkylation sites (N-methyl/N-ethyl adjacent to an activating group) is 1. The highest BCUT2D eigenvalue weighted by Crippen LogP contribution is 2.20. The number of nitrogens with zero attached hydrogens (tertiary/aromatic N) is 2. The molecule has 17 heavy (non-hydrogen) atoms. The highest BCUT2D eigenvalue weighted by Gasteiger charge is 2.22. The number of rotatable bonds is 4. The standard InChI is InChI=1S/C13H21N3O/c1-15(16-7-9-17-10-8-16)13(11-14)12-5-3-2-4-6-12/h2-6,13H,7-11,14H2,1H3. The van der Waals surface area contributed by atoms with E-state index in [2.05, 4.69) is 41.3 Å². The van der Waals surface area contributed by atoms with E-state index >= 15 is 0 Å². The molecule has 1 unspecified atom stereocenters. The zero-order valence-electron chi connectivity index (χ0n) is 10.4. The fraction of sp³-hybridized carbons (Fsp3) is 0.538. The molecular formula is C13H21N3O. The molecule has 94 valence electrons. The average molecular weight is 235 g/mol. The zero-order chi connectivity index (χ0) is 12.1. The van der Waals surface area contributed by atoms with Gasteiger partial charge in [0.25, 0.3) is 0 Å².